The van der Waals surface area contributed by atoms with E-state index in [-0.39, 0.29) is 11.7 Å². The third-order valence-corrected chi connectivity index (χ3v) is 7.96. The Balaban J connectivity index is 1.38. The third-order valence-electron chi connectivity index (χ3n) is 5.83. The molecule has 1 aliphatic rings. The molecule has 34 heavy (non-hydrogen) atoms. The van der Waals surface area contributed by atoms with E-state index in [1.54, 1.807) is 11.3 Å². The van der Waals surface area contributed by atoms with E-state index >= 15 is 0 Å². The zero-order valence-corrected chi connectivity index (χ0v) is 20.4. The average molecular weight is 486 g/mol. The highest BCUT2D eigenvalue weighted by atomic mass is 32.2. The van der Waals surface area contributed by atoms with Gasteiger partial charge in [0.15, 0.2) is 11.0 Å². The topological polar surface area (TPSA) is 83.6 Å². The molecule has 1 amide bonds. The Kier molecular flexibility index (Phi) is 6.48. The Bertz CT molecular complexity index is 1370. The standard InChI is InChI=1S/C26H23N5OS2/c1-17-11-13-18(14-12-17)24-29-30-26(31(24)19-7-3-2-4-8-19)33-16-23(32)28-25-21(15-27)20-9-5-6-10-22(20)34-25/h2-4,7-8,11-14H,5-6,9-10,16H2,1H3,(H,28,32). The van der Waals surface area contributed by atoms with Gasteiger partial charge in [-0.05, 0) is 50.3 Å². The van der Waals surface area contributed by atoms with Gasteiger partial charge in [-0.15, -0.1) is 21.5 Å². The summed E-state index contributed by atoms with van der Waals surface area (Å²) in [5.74, 6) is 0.748. The maximum Gasteiger partial charge on any atom is 0.235 e. The van der Waals surface area contributed by atoms with Crippen LogP contribution in [0.25, 0.3) is 17.1 Å². The van der Waals surface area contributed by atoms with Crippen LogP contribution in [0.3, 0.4) is 0 Å². The summed E-state index contributed by atoms with van der Waals surface area (Å²) in [6, 6.07) is 20.4. The number of hydrogen-bond donors (Lipinski definition) is 1. The maximum atomic E-state index is 12.8. The van der Waals surface area contributed by atoms with Crippen molar-refractivity contribution in [2.24, 2.45) is 0 Å². The minimum atomic E-state index is -0.153. The van der Waals surface area contributed by atoms with Crippen molar-refractivity contribution < 1.29 is 4.79 Å². The lowest BCUT2D eigenvalue weighted by Gasteiger charge is -2.10. The molecule has 0 aliphatic heterocycles. The van der Waals surface area contributed by atoms with Gasteiger partial charge < -0.3 is 5.32 Å². The number of thiophene rings is 1. The summed E-state index contributed by atoms with van der Waals surface area (Å²) < 4.78 is 1.98. The predicted molar refractivity (Wildman–Crippen MR) is 137 cm³/mol. The molecule has 1 aliphatic carbocycles. The van der Waals surface area contributed by atoms with Crippen LogP contribution in [-0.4, -0.2) is 26.4 Å². The molecule has 0 bridgehead atoms. The van der Waals surface area contributed by atoms with Crippen LogP contribution in [0.1, 0.15) is 34.4 Å². The second-order valence-corrected chi connectivity index (χ2v) is 10.3. The number of nitriles is 1. The maximum absolute atomic E-state index is 12.8. The van der Waals surface area contributed by atoms with Crippen molar-refractivity contribution in [2.45, 2.75) is 37.8 Å². The molecule has 1 N–H and O–H groups in total. The molecule has 4 aromatic rings. The fraction of sp³-hybridized carbons (Fsp3) is 0.231. The molecular formula is C26H23N5OS2. The molecule has 8 heteroatoms. The van der Waals surface area contributed by atoms with E-state index in [1.807, 2.05) is 66.1 Å². The minimum Gasteiger partial charge on any atom is -0.316 e. The Hall–Kier alpha value is -3.41. The van der Waals surface area contributed by atoms with Gasteiger partial charge in [0, 0.05) is 16.1 Å². The number of benzene rings is 2. The van der Waals surface area contributed by atoms with Crippen LogP contribution in [0.5, 0.6) is 0 Å². The van der Waals surface area contributed by atoms with E-state index in [1.165, 1.54) is 22.2 Å². The number of rotatable bonds is 6. The summed E-state index contributed by atoms with van der Waals surface area (Å²) in [7, 11) is 0. The first-order chi connectivity index (χ1) is 16.6. The molecule has 0 saturated heterocycles. The Labute approximate surface area is 206 Å². The summed E-state index contributed by atoms with van der Waals surface area (Å²) >= 11 is 2.88. The molecule has 0 saturated carbocycles. The van der Waals surface area contributed by atoms with Gasteiger partial charge in [0.05, 0.1) is 11.3 Å². The first kappa shape index (κ1) is 22.4. The number of aryl methyl sites for hydroxylation is 2. The van der Waals surface area contributed by atoms with E-state index < -0.39 is 0 Å². The Morgan fingerprint density at radius 3 is 2.65 bits per heavy atom. The molecule has 0 spiro atoms. The molecule has 0 radical (unpaired) electrons. The molecule has 170 valence electrons. The molecule has 2 heterocycles. The highest BCUT2D eigenvalue weighted by Crippen LogP contribution is 2.38. The van der Waals surface area contributed by atoms with Crippen LogP contribution >= 0.6 is 23.1 Å². The number of carbonyl (C=O) groups excluding carboxylic acids is 1. The number of carbonyl (C=O) groups is 1. The highest BCUT2D eigenvalue weighted by molar-refractivity contribution is 7.99. The number of anilines is 1. The van der Waals surface area contributed by atoms with Gasteiger partial charge in [-0.25, -0.2) is 0 Å². The van der Waals surface area contributed by atoms with E-state index in [0.717, 1.165) is 48.3 Å². The number of thioether (sulfide) groups is 1. The molecule has 0 unspecified atom stereocenters. The second-order valence-electron chi connectivity index (χ2n) is 8.21. The van der Waals surface area contributed by atoms with Gasteiger partial charge in [-0.3, -0.25) is 9.36 Å². The van der Waals surface area contributed by atoms with Crippen LogP contribution in [0.15, 0.2) is 59.8 Å². The third kappa shape index (κ3) is 4.49. The number of hydrogen-bond acceptors (Lipinski definition) is 6. The first-order valence-electron chi connectivity index (χ1n) is 11.2. The van der Waals surface area contributed by atoms with Crippen molar-refractivity contribution in [3.63, 3.8) is 0 Å². The van der Waals surface area contributed by atoms with Crippen molar-refractivity contribution in [3.05, 3.63) is 76.2 Å². The van der Waals surface area contributed by atoms with Crippen LogP contribution in [0, 0.1) is 18.3 Å². The van der Waals surface area contributed by atoms with Crippen molar-refractivity contribution in [1.82, 2.24) is 14.8 Å². The van der Waals surface area contributed by atoms with Crippen LogP contribution in [0.4, 0.5) is 5.00 Å². The second kappa shape index (κ2) is 9.84. The van der Waals surface area contributed by atoms with Crippen molar-refractivity contribution in [1.29, 1.82) is 5.26 Å². The average Bonchev–Trinajstić information content (AvgIpc) is 3.44. The molecule has 6 nitrogen and oxygen atoms in total. The lowest BCUT2D eigenvalue weighted by molar-refractivity contribution is -0.113. The fourth-order valence-corrected chi connectivity index (χ4v) is 6.14. The molecule has 2 aromatic carbocycles. The van der Waals surface area contributed by atoms with Crippen molar-refractivity contribution in [3.8, 4) is 23.1 Å². The zero-order chi connectivity index (χ0) is 23.5. The van der Waals surface area contributed by atoms with Crippen molar-refractivity contribution >= 4 is 34.0 Å². The molecule has 2 aromatic heterocycles. The summed E-state index contributed by atoms with van der Waals surface area (Å²) in [5, 5.41) is 22.8. The van der Waals surface area contributed by atoms with Gasteiger partial charge in [0.1, 0.15) is 11.1 Å². The normalized spacial score (nSPS) is 12.7. The number of aromatic nitrogens is 3. The highest BCUT2D eigenvalue weighted by Gasteiger charge is 2.22. The SMILES string of the molecule is Cc1ccc(-c2nnc(SCC(=O)Nc3sc4c(c3C#N)CCCC4)n2-c2ccccc2)cc1. The number of amides is 1. The fourth-order valence-electron chi connectivity index (χ4n) is 4.13. The van der Waals surface area contributed by atoms with Crippen LogP contribution < -0.4 is 5.32 Å². The quantitative estimate of drug-likeness (QED) is 0.350. The Morgan fingerprint density at radius 1 is 1.12 bits per heavy atom. The zero-order valence-electron chi connectivity index (χ0n) is 18.7. The number of nitrogens with one attached hydrogen (secondary N) is 1. The lowest BCUT2D eigenvalue weighted by Crippen LogP contribution is -2.14. The van der Waals surface area contributed by atoms with Crippen LogP contribution in [-0.2, 0) is 17.6 Å². The van der Waals surface area contributed by atoms with E-state index in [0.29, 0.717) is 15.7 Å². The van der Waals surface area contributed by atoms with E-state index in [2.05, 4.69) is 21.6 Å². The van der Waals surface area contributed by atoms with Crippen LogP contribution in [0.2, 0.25) is 0 Å². The summed E-state index contributed by atoms with van der Waals surface area (Å²) in [6.45, 7) is 2.05. The smallest absolute Gasteiger partial charge is 0.235 e. The first-order valence-corrected chi connectivity index (χ1v) is 13.0. The summed E-state index contributed by atoms with van der Waals surface area (Å²) in [6.07, 6.45) is 4.14. The molecular weight excluding hydrogens is 462 g/mol. The van der Waals surface area contributed by atoms with Gasteiger partial charge in [-0.2, -0.15) is 5.26 Å². The number of fused-ring (bicyclic) bond motifs is 1. The van der Waals surface area contributed by atoms with E-state index in [4.69, 9.17) is 0 Å². The van der Waals surface area contributed by atoms with Gasteiger partial charge >= 0.3 is 0 Å². The van der Waals surface area contributed by atoms with Gasteiger partial charge in [-0.1, -0.05) is 59.8 Å². The Morgan fingerprint density at radius 2 is 1.88 bits per heavy atom. The van der Waals surface area contributed by atoms with Gasteiger partial charge in [0.25, 0.3) is 0 Å². The predicted octanol–water partition coefficient (Wildman–Crippen LogP) is 5.79. The lowest BCUT2D eigenvalue weighted by atomic mass is 9.96. The molecule has 0 fully saturated rings. The summed E-state index contributed by atoms with van der Waals surface area (Å²) in [5.41, 5.74) is 4.82. The van der Waals surface area contributed by atoms with Gasteiger partial charge in [0.2, 0.25) is 5.91 Å². The number of nitrogens with zero attached hydrogens (tertiary/aromatic N) is 4. The summed E-state index contributed by atoms with van der Waals surface area (Å²) in [4.78, 5) is 14.1. The van der Waals surface area contributed by atoms with Crippen molar-refractivity contribution in [2.75, 3.05) is 11.1 Å². The largest absolute Gasteiger partial charge is 0.316 e. The monoisotopic (exact) mass is 485 g/mol. The molecule has 5 rings (SSSR count). The van der Waals surface area contributed by atoms with E-state index in [9.17, 15) is 10.1 Å². The number of para-hydroxylation sites is 1. The minimum absolute atomic E-state index is 0.153. The molecule has 0 atom stereocenters.